The molecule has 5 heteroatoms. The molecule has 1 N–H and O–H groups in total. The van der Waals surface area contributed by atoms with E-state index in [1.807, 2.05) is 0 Å². The molecule has 126 valence electrons. The van der Waals surface area contributed by atoms with Crippen LogP contribution in [0.4, 0.5) is 5.69 Å². The highest BCUT2D eigenvalue weighted by Gasteiger charge is 2.09. The van der Waals surface area contributed by atoms with Crippen LogP contribution in [-0.4, -0.2) is 36.6 Å². The van der Waals surface area contributed by atoms with E-state index in [2.05, 4.69) is 36.5 Å². The molecule has 0 fully saturated rings. The first-order valence-electron chi connectivity index (χ1n) is 7.70. The number of benzene rings is 2. The average Bonchev–Trinajstić information content (AvgIpc) is 2.56. The normalized spacial score (nSPS) is 10.3. The van der Waals surface area contributed by atoms with Crippen LogP contribution in [0.25, 0.3) is 0 Å². The number of hydrogen-bond acceptors (Lipinski definition) is 3. The third-order valence-corrected chi connectivity index (χ3v) is 4.43. The first-order chi connectivity index (χ1) is 11.5. The van der Waals surface area contributed by atoms with Gasteiger partial charge in [0.1, 0.15) is 0 Å². The molecule has 0 bridgehead atoms. The van der Waals surface area contributed by atoms with E-state index in [1.54, 1.807) is 50.1 Å². The number of aryl methyl sites for hydroxylation is 1. The lowest BCUT2D eigenvalue weighted by atomic mass is 10.2. The van der Waals surface area contributed by atoms with Crippen LogP contribution < -0.4 is 5.32 Å². The van der Waals surface area contributed by atoms with Crippen LogP contribution in [0.1, 0.15) is 21.5 Å². The summed E-state index contributed by atoms with van der Waals surface area (Å²) in [5, 5.41) is 2.84. The number of anilines is 1. The Balaban J connectivity index is 1.85. The molecule has 0 saturated heterocycles. The fourth-order valence-electron chi connectivity index (χ4n) is 2.13. The van der Waals surface area contributed by atoms with Gasteiger partial charge in [-0.25, -0.2) is 0 Å². The van der Waals surface area contributed by atoms with E-state index in [1.165, 1.54) is 16.0 Å². The van der Waals surface area contributed by atoms with Gasteiger partial charge >= 0.3 is 0 Å². The van der Waals surface area contributed by atoms with Crippen molar-refractivity contribution >= 4 is 29.3 Å². The standard InChI is InChI=1S/C19H22N2O2S/c1-14-7-9-15(10-8-14)12-24-13-18(22)20-17-6-4-5-16(11-17)19(23)21(2)3/h4-11H,12-13H2,1-3H3,(H,20,22). The van der Waals surface area contributed by atoms with Crippen LogP contribution >= 0.6 is 11.8 Å². The van der Waals surface area contributed by atoms with Gasteiger partial charge in [0.25, 0.3) is 5.91 Å². The zero-order chi connectivity index (χ0) is 17.5. The Morgan fingerprint density at radius 2 is 1.79 bits per heavy atom. The van der Waals surface area contributed by atoms with Crippen LogP contribution in [0.5, 0.6) is 0 Å². The first kappa shape index (κ1) is 18.1. The molecule has 0 aromatic heterocycles. The fourth-order valence-corrected chi connectivity index (χ4v) is 2.92. The fraction of sp³-hybridized carbons (Fsp3) is 0.263. The van der Waals surface area contributed by atoms with Crippen molar-refractivity contribution in [3.63, 3.8) is 0 Å². The minimum absolute atomic E-state index is 0.0680. The van der Waals surface area contributed by atoms with E-state index in [0.29, 0.717) is 17.0 Å². The molecule has 0 aliphatic rings. The van der Waals surface area contributed by atoms with Gasteiger partial charge in [0, 0.05) is 31.1 Å². The summed E-state index contributed by atoms with van der Waals surface area (Å²) in [6.45, 7) is 2.06. The van der Waals surface area contributed by atoms with Gasteiger partial charge in [0.05, 0.1) is 5.75 Å². The third kappa shape index (κ3) is 5.42. The second-order valence-corrected chi connectivity index (χ2v) is 6.79. The van der Waals surface area contributed by atoms with E-state index in [9.17, 15) is 9.59 Å². The molecule has 0 heterocycles. The number of nitrogens with one attached hydrogen (secondary N) is 1. The quantitative estimate of drug-likeness (QED) is 0.873. The highest BCUT2D eigenvalue weighted by molar-refractivity contribution is 7.99. The van der Waals surface area contributed by atoms with Crippen molar-refractivity contribution in [3.8, 4) is 0 Å². The highest BCUT2D eigenvalue weighted by atomic mass is 32.2. The van der Waals surface area contributed by atoms with Crippen molar-refractivity contribution in [3.05, 3.63) is 65.2 Å². The molecule has 2 aromatic rings. The van der Waals surface area contributed by atoms with Gasteiger partial charge in [-0.3, -0.25) is 9.59 Å². The lowest BCUT2D eigenvalue weighted by molar-refractivity contribution is -0.113. The Hall–Kier alpha value is -2.27. The molecule has 0 atom stereocenters. The second-order valence-electron chi connectivity index (χ2n) is 5.81. The van der Waals surface area contributed by atoms with Gasteiger partial charge in [0.2, 0.25) is 5.91 Å². The Morgan fingerprint density at radius 3 is 2.46 bits per heavy atom. The summed E-state index contributed by atoms with van der Waals surface area (Å²) in [4.78, 5) is 25.5. The van der Waals surface area contributed by atoms with Crippen molar-refractivity contribution in [1.29, 1.82) is 0 Å². The number of amides is 2. The monoisotopic (exact) mass is 342 g/mol. The van der Waals surface area contributed by atoms with Crippen molar-refractivity contribution in [2.75, 3.05) is 25.2 Å². The largest absolute Gasteiger partial charge is 0.345 e. The van der Waals surface area contributed by atoms with Crippen molar-refractivity contribution in [1.82, 2.24) is 4.90 Å². The van der Waals surface area contributed by atoms with Gasteiger partial charge in [-0.05, 0) is 30.7 Å². The van der Waals surface area contributed by atoms with Gasteiger partial charge in [0.15, 0.2) is 0 Å². The molecule has 4 nitrogen and oxygen atoms in total. The lowest BCUT2D eigenvalue weighted by Gasteiger charge is -2.11. The molecule has 24 heavy (non-hydrogen) atoms. The Labute approximate surface area is 147 Å². The molecular weight excluding hydrogens is 320 g/mol. The maximum absolute atomic E-state index is 12.0. The van der Waals surface area contributed by atoms with Crippen LogP contribution in [0.3, 0.4) is 0 Å². The van der Waals surface area contributed by atoms with Crippen LogP contribution in [0.2, 0.25) is 0 Å². The number of rotatable bonds is 6. The van der Waals surface area contributed by atoms with Crippen molar-refractivity contribution in [2.45, 2.75) is 12.7 Å². The van der Waals surface area contributed by atoms with E-state index in [4.69, 9.17) is 0 Å². The van der Waals surface area contributed by atoms with Gasteiger partial charge < -0.3 is 10.2 Å². The van der Waals surface area contributed by atoms with E-state index < -0.39 is 0 Å². The summed E-state index contributed by atoms with van der Waals surface area (Å²) < 4.78 is 0. The molecule has 2 aromatic carbocycles. The zero-order valence-electron chi connectivity index (χ0n) is 14.2. The molecule has 0 spiro atoms. The van der Waals surface area contributed by atoms with Crippen molar-refractivity contribution < 1.29 is 9.59 Å². The number of thioether (sulfide) groups is 1. The Bertz CT molecular complexity index is 712. The summed E-state index contributed by atoms with van der Waals surface area (Å²) in [5.41, 5.74) is 3.64. The van der Waals surface area contributed by atoms with Crippen LogP contribution in [0, 0.1) is 6.92 Å². The minimum atomic E-state index is -0.0835. The average molecular weight is 342 g/mol. The predicted molar refractivity (Wildman–Crippen MR) is 100 cm³/mol. The van der Waals surface area contributed by atoms with Gasteiger partial charge in [-0.2, -0.15) is 0 Å². The molecule has 2 rings (SSSR count). The Morgan fingerprint density at radius 1 is 1.08 bits per heavy atom. The maximum atomic E-state index is 12.0. The first-order valence-corrected chi connectivity index (χ1v) is 8.86. The summed E-state index contributed by atoms with van der Waals surface area (Å²) in [7, 11) is 3.41. The zero-order valence-corrected chi connectivity index (χ0v) is 15.0. The lowest BCUT2D eigenvalue weighted by Crippen LogP contribution is -2.22. The molecule has 0 aliphatic heterocycles. The summed E-state index contributed by atoms with van der Waals surface area (Å²) in [5.74, 6) is 1.02. The second kappa shape index (κ2) is 8.55. The van der Waals surface area contributed by atoms with Crippen molar-refractivity contribution in [2.24, 2.45) is 0 Å². The minimum Gasteiger partial charge on any atom is -0.345 e. The number of nitrogens with zero attached hydrogens (tertiary/aromatic N) is 1. The Kier molecular flexibility index (Phi) is 6.44. The molecular formula is C19H22N2O2S. The number of carbonyl (C=O) groups is 2. The SMILES string of the molecule is Cc1ccc(CSCC(=O)Nc2cccc(C(=O)N(C)C)c2)cc1. The van der Waals surface area contributed by atoms with E-state index in [0.717, 1.165) is 5.75 Å². The smallest absolute Gasteiger partial charge is 0.253 e. The molecule has 0 radical (unpaired) electrons. The maximum Gasteiger partial charge on any atom is 0.253 e. The summed E-state index contributed by atoms with van der Waals surface area (Å²) >= 11 is 1.57. The summed E-state index contributed by atoms with van der Waals surface area (Å²) in [6.07, 6.45) is 0. The molecule has 0 saturated carbocycles. The molecule has 0 unspecified atom stereocenters. The van der Waals surface area contributed by atoms with Gasteiger partial charge in [-0.15, -0.1) is 11.8 Å². The van der Waals surface area contributed by atoms with E-state index in [-0.39, 0.29) is 11.8 Å². The third-order valence-electron chi connectivity index (χ3n) is 3.42. The van der Waals surface area contributed by atoms with Gasteiger partial charge in [-0.1, -0.05) is 35.9 Å². The topological polar surface area (TPSA) is 49.4 Å². The molecule has 0 aliphatic carbocycles. The predicted octanol–water partition coefficient (Wildman–Crippen LogP) is 3.57. The number of carbonyl (C=O) groups excluding carboxylic acids is 2. The van der Waals surface area contributed by atoms with Crippen LogP contribution in [0.15, 0.2) is 48.5 Å². The van der Waals surface area contributed by atoms with E-state index >= 15 is 0 Å². The number of hydrogen-bond donors (Lipinski definition) is 1. The van der Waals surface area contributed by atoms with Crippen LogP contribution in [-0.2, 0) is 10.5 Å². The highest BCUT2D eigenvalue weighted by Crippen LogP contribution is 2.15. The molecule has 2 amide bonds. The summed E-state index contributed by atoms with van der Waals surface area (Å²) in [6, 6.07) is 15.3.